The molecule has 0 bridgehead atoms. The van der Waals surface area contributed by atoms with Crippen LogP contribution in [0.2, 0.25) is 5.02 Å². The van der Waals surface area contributed by atoms with E-state index < -0.39 is 0 Å². The van der Waals surface area contributed by atoms with E-state index in [4.69, 9.17) is 11.6 Å². The molecule has 1 saturated heterocycles. The standard InChI is InChI=1S/C24H23ClN4OS/c1-17-21-15-22(31-24(21)29(26-17)20-5-3-2-4-6-20)23(30)28-13-11-27(12-14-28)16-18-7-9-19(25)10-8-18/h2-10,15H,11-14,16H2,1H3. The maximum Gasteiger partial charge on any atom is 0.264 e. The number of halogens is 1. The lowest BCUT2D eigenvalue weighted by Crippen LogP contribution is -2.48. The summed E-state index contributed by atoms with van der Waals surface area (Å²) in [5, 5.41) is 6.49. The first-order valence-electron chi connectivity index (χ1n) is 10.4. The van der Waals surface area contributed by atoms with E-state index in [-0.39, 0.29) is 5.91 Å². The minimum Gasteiger partial charge on any atom is -0.335 e. The molecule has 0 saturated carbocycles. The third-order valence-electron chi connectivity index (χ3n) is 5.74. The van der Waals surface area contributed by atoms with Crippen LogP contribution in [0.4, 0.5) is 0 Å². The lowest BCUT2D eigenvalue weighted by Gasteiger charge is -2.34. The van der Waals surface area contributed by atoms with Crippen molar-refractivity contribution in [1.29, 1.82) is 0 Å². The molecule has 158 valence electrons. The quantitative estimate of drug-likeness (QED) is 0.439. The SMILES string of the molecule is Cc1nn(-c2ccccc2)c2sc(C(=O)N3CCN(Cc4ccc(Cl)cc4)CC3)cc12. The van der Waals surface area contributed by atoms with E-state index in [9.17, 15) is 4.79 Å². The molecule has 5 rings (SSSR count). The van der Waals surface area contributed by atoms with E-state index >= 15 is 0 Å². The van der Waals surface area contributed by atoms with E-state index in [2.05, 4.69) is 22.1 Å². The molecule has 0 aliphatic carbocycles. The molecule has 0 spiro atoms. The Kier molecular flexibility index (Phi) is 5.52. The van der Waals surface area contributed by atoms with Gasteiger partial charge < -0.3 is 4.90 Å². The first-order valence-corrected chi connectivity index (χ1v) is 11.6. The van der Waals surface area contributed by atoms with Crippen LogP contribution >= 0.6 is 22.9 Å². The van der Waals surface area contributed by atoms with Crippen LogP contribution in [0.25, 0.3) is 15.9 Å². The number of benzene rings is 2. The highest BCUT2D eigenvalue weighted by atomic mass is 35.5. The molecular weight excluding hydrogens is 428 g/mol. The Hall–Kier alpha value is -2.67. The van der Waals surface area contributed by atoms with Gasteiger partial charge in [-0.25, -0.2) is 4.68 Å². The number of rotatable bonds is 4. The molecule has 5 nitrogen and oxygen atoms in total. The van der Waals surface area contributed by atoms with E-state index in [1.165, 1.54) is 16.9 Å². The van der Waals surface area contributed by atoms with Crippen LogP contribution in [0.15, 0.2) is 60.7 Å². The zero-order valence-electron chi connectivity index (χ0n) is 17.3. The third-order valence-corrected chi connectivity index (χ3v) is 7.09. The fraction of sp³-hybridized carbons (Fsp3) is 0.250. The van der Waals surface area contributed by atoms with Crippen LogP contribution in [0.5, 0.6) is 0 Å². The highest BCUT2D eigenvalue weighted by Gasteiger charge is 2.25. The Labute approximate surface area is 190 Å². The molecule has 4 aromatic rings. The van der Waals surface area contributed by atoms with Gasteiger partial charge in [-0.3, -0.25) is 9.69 Å². The van der Waals surface area contributed by atoms with Crippen LogP contribution < -0.4 is 0 Å². The number of aryl methyl sites for hydroxylation is 1. The van der Waals surface area contributed by atoms with Crippen LogP contribution in [-0.4, -0.2) is 51.7 Å². The van der Waals surface area contributed by atoms with Gasteiger partial charge in [0.15, 0.2) is 0 Å². The molecule has 1 amide bonds. The number of piperazine rings is 1. The molecule has 2 aromatic carbocycles. The molecular formula is C24H23ClN4OS. The van der Waals surface area contributed by atoms with Crippen molar-refractivity contribution in [3.05, 3.63) is 81.8 Å². The summed E-state index contributed by atoms with van der Waals surface area (Å²) in [6.45, 7) is 6.10. The molecule has 7 heteroatoms. The van der Waals surface area contributed by atoms with Gasteiger partial charge in [-0.15, -0.1) is 11.3 Å². The minimum atomic E-state index is 0.117. The van der Waals surface area contributed by atoms with Gasteiger partial charge in [0.1, 0.15) is 4.83 Å². The molecule has 0 N–H and O–H groups in total. The number of amides is 1. The molecule has 3 heterocycles. The molecule has 0 atom stereocenters. The van der Waals surface area contributed by atoms with Crippen molar-refractivity contribution < 1.29 is 4.79 Å². The van der Waals surface area contributed by atoms with Gasteiger partial charge in [-0.05, 0) is 42.8 Å². The van der Waals surface area contributed by atoms with Crippen molar-refractivity contribution in [2.45, 2.75) is 13.5 Å². The third kappa shape index (κ3) is 4.11. The number of aromatic nitrogens is 2. The van der Waals surface area contributed by atoms with Crippen molar-refractivity contribution >= 4 is 39.1 Å². The van der Waals surface area contributed by atoms with Gasteiger partial charge in [0.2, 0.25) is 0 Å². The summed E-state index contributed by atoms with van der Waals surface area (Å²) in [6, 6.07) is 20.1. The first-order chi connectivity index (χ1) is 15.1. The molecule has 0 unspecified atom stereocenters. The summed E-state index contributed by atoms with van der Waals surface area (Å²) >= 11 is 7.51. The normalized spacial score (nSPS) is 15.0. The van der Waals surface area contributed by atoms with Gasteiger partial charge in [-0.1, -0.05) is 41.9 Å². The van der Waals surface area contributed by atoms with Gasteiger partial charge >= 0.3 is 0 Å². The highest BCUT2D eigenvalue weighted by molar-refractivity contribution is 7.20. The zero-order valence-corrected chi connectivity index (χ0v) is 18.9. The van der Waals surface area contributed by atoms with Crippen molar-refractivity contribution in [3.63, 3.8) is 0 Å². The van der Waals surface area contributed by atoms with E-state index in [0.29, 0.717) is 0 Å². The summed E-state index contributed by atoms with van der Waals surface area (Å²) in [4.78, 5) is 19.4. The number of fused-ring (bicyclic) bond motifs is 1. The fourth-order valence-corrected chi connectivity index (χ4v) is 5.29. The maximum atomic E-state index is 13.2. The van der Waals surface area contributed by atoms with Crippen molar-refractivity contribution in [2.75, 3.05) is 26.2 Å². The summed E-state index contributed by atoms with van der Waals surface area (Å²) in [6.07, 6.45) is 0. The van der Waals surface area contributed by atoms with Crippen LogP contribution in [0.1, 0.15) is 20.9 Å². The number of hydrogen-bond acceptors (Lipinski definition) is 4. The molecule has 31 heavy (non-hydrogen) atoms. The predicted octanol–water partition coefficient (Wildman–Crippen LogP) is 5.01. The van der Waals surface area contributed by atoms with Crippen LogP contribution in [0, 0.1) is 6.92 Å². The predicted molar refractivity (Wildman–Crippen MR) is 126 cm³/mol. The Morgan fingerprint density at radius 1 is 1.03 bits per heavy atom. The maximum absolute atomic E-state index is 13.2. The Morgan fingerprint density at radius 3 is 2.45 bits per heavy atom. The molecule has 0 radical (unpaired) electrons. The number of thiophene rings is 1. The van der Waals surface area contributed by atoms with E-state index in [1.807, 2.05) is 65.0 Å². The summed E-state index contributed by atoms with van der Waals surface area (Å²) in [5.41, 5.74) is 3.20. The second kappa shape index (κ2) is 8.46. The lowest BCUT2D eigenvalue weighted by atomic mass is 10.2. The number of carbonyl (C=O) groups is 1. The highest BCUT2D eigenvalue weighted by Crippen LogP contribution is 2.31. The molecule has 1 fully saturated rings. The second-order valence-corrected chi connectivity index (χ2v) is 9.32. The Bertz CT molecular complexity index is 1210. The Morgan fingerprint density at radius 2 is 1.74 bits per heavy atom. The first kappa shape index (κ1) is 20.2. The van der Waals surface area contributed by atoms with Gasteiger partial charge in [0, 0.05) is 43.1 Å². The van der Waals surface area contributed by atoms with Crippen molar-refractivity contribution in [3.8, 4) is 5.69 Å². The van der Waals surface area contributed by atoms with Gasteiger partial charge in [-0.2, -0.15) is 5.10 Å². The number of hydrogen-bond donors (Lipinski definition) is 0. The topological polar surface area (TPSA) is 41.4 Å². The van der Waals surface area contributed by atoms with Crippen LogP contribution in [0.3, 0.4) is 0 Å². The van der Waals surface area contributed by atoms with Crippen LogP contribution in [-0.2, 0) is 6.54 Å². The van der Waals surface area contributed by atoms with Gasteiger partial charge in [0.25, 0.3) is 5.91 Å². The number of carbonyl (C=O) groups excluding carboxylic acids is 1. The average Bonchev–Trinajstić information content (AvgIpc) is 3.37. The summed E-state index contributed by atoms with van der Waals surface area (Å²) in [7, 11) is 0. The van der Waals surface area contributed by atoms with Crippen molar-refractivity contribution in [1.82, 2.24) is 19.6 Å². The Balaban J connectivity index is 1.29. The summed E-state index contributed by atoms with van der Waals surface area (Å²) in [5.74, 6) is 0.117. The lowest BCUT2D eigenvalue weighted by molar-refractivity contribution is 0.0633. The second-order valence-electron chi connectivity index (χ2n) is 7.86. The fourth-order valence-electron chi connectivity index (χ4n) is 4.01. The number of para-hydroxylation sites is 1. The molecule has 2 aromatic heterocycles. The average molecular weight is 451 g/mol. The number of nitrogens with zero attached hydrogens (tertiary/aromatic N) is 4. The zero-order chi connectivity index (χ0) is 21.4. The van der Waals surface area contributed by atoms with Gasteiger partial charge in [0.05, 0.1) is 16.3 Å². The largest absolute Gasteiger partial charge is 0.335 e. The smallest absolute Gasteiger partial charge is 0.264 e. The van der Waals surface area contributed by atoms with E-state index in [1.54, 1.807) is 0 Å². The molecule has 1 aliphatic rings. The molecule has 1 aliphatic heterocycles. The minimum absolute atomic E-state index is 0.117. The summed E-state index contributed by atoms with van der Waals surface area (Å²) < 4.78 is 1.94. The van der Waals surface area contributed by atoms with Crippen molar-refractivity contribution in [2.24, 2.45) is 0 Å². The monoisotopic (exact) mass is 450 g/mol. The van der Waals surface area contributed by atoms with E-state index in [0.717, 1.165) is 64.2 Å².